The van der Waals surface area contributed by atoms with Gasteiger partial charge < -0.3 is 10.2 Å². The second-order valence-corrected chi connectivity index (χ2v) is 5.19. The molecule has 17 heavy (non-hydrogen) atoms. The van der Waals surface area contributed by atoms with E-state index < -0.39 is 0 Å². The molecule has 1 fully saturated rings. The van der Waals surface area contributed by atoms with Gasteiger partial charge in [-0.15, -0.1) is 0 Å². The van der Waals surface area contributed by atoms with Crippen molar-refractivity contribution in [1.29, 1.82) is 0 Å². The molecule has 1 aliphatic carbocycles. The first kappa shape index (κ1) is 12.4. The van der Waals surface area contributed by atoms with Gasteiger partial charge in [-0.2, -0.15) is 0 Å². The third kappa shape index (κ3) is 4.39. The van der Waals surface area contributed by atoms with Crippen LogP contribution in [0.5, 0.6) is 0 Å². The van der Waals surface area contributed by atoms with Gasteiger partial charge in [0.15, 0.2) is 0 Å². The lowest BCUT2D eigenvalue weighted by Gasteiger charge is -2.19. The number of benzene rings is 1. The fourth-order valence-electron chi connectivity index (χ4n) is 2.00. The number of nitrogens with one attached hydrogen (secondary N) is 1. The van der Waals surface area contributed by atoms with Crippen molar-refractivity contribution in [3.63, 3.8) is 0 Å². The first-order valence-corrected chi connectivity index (χ1v) is 6.77. The van der Waals surface area contributed by atoms with Crippen molar-refractivity contribution in [2.45, 2.75) is 38.6 Å². The average Bonchev–Trinajstić information content (AvgIpc) is 3.13. The van der Waals surface area contributed by atoms with Gasteiger partial charge in [0.25, 0.3) is 0 Å². The molecular formula is C15H24N2. The highest BCUT2D eigenvalue weighted by molar-refractivity contribution is 5.46. The summed E-state index contributed by atoms with van der Waals surface area (Å²) < 4.78 is 0. The Morgan fingerprint density at radius 1 is 1.18 bits per heavy atom. The number of aryl methyl sites for hydroxylation is 1. The van der Waals surface area contributed by atoms with E-state index in [1.54, 1.807) is 0 Å². The number of hydrogen-bond acceptors (Lipinski definition) is 2. The highest BCUT2D eigenvalue weighted by Gasteiger charge is 2.19. The molecule has 1 saturated carbocycles. The Bertz CT molecular complexity index is 327. The maximum atomic E-state index is 3.56. The van der Waals surface area contributed by atoms with E-state index in [1.807, 2.05) is 0 Å². The van der Waals surface area contributed by atoms with E-state index in [4.69, 9.17) is 0 Å². The molecule has 94 valence electrons. The fourth-order valence-corrected chi connectivity index (χ4v) is 2.00. The molecular weight excluding hydrogens is 208 g/mol. The van der Waals surface area contributed by atoms with Crippen molar-refractivity contribution >= 4 is 5.69 Å². The zero-order valence-corrected chi connectivity index (χ0v) is 11.1. The van der Waals surface area contributed by atoms with Gasteiger partial charge in [-0.3, -0.25) is 0 Å². The molecule has 0 amide bonds. The Morgan fingerprint density at radius 3 is 2.53 bits per heavy atom. The van der Waals surface area contributed by atoms with Crippen LogP contribution in [0.4, 0.5) is 5.69 Å². The number of rotatable bonds is 7. The van der Waals surface area contributed by atoms with Crippen LogP contribution in [0.1, 0.15) is 31.2 Å². The Morgan fingerprint density at radius 2 is 1.88 bits per heavy atom. The summed E-state index contributed by atoms with van der Waals surface area (Å²) in [7, 11) is 2.18. The summed E-state index contributed by atoms with van der Waals surface area (Å²) in [6.45, 7) is 4.47. The van der Waals surface area contributed by atoms with Crippen LogP contribution in [0.2, 0.25) is 0 Å². The summed E-state index contributed by atoms with van der Waals surface area (Å²) in [6, 6.07) is 9.63. The molecule has 0 atom stereocenters. The van der Waals surface area contributed by atoms with Gasteiger partial charge in [0.05, 0.1) is 0 Å². The fraction of sp³-hybridized carbons (Fsp3) is 0.600. The molecule has 0 radical (unpaired) electrons. The van der Waals surface area contributed by atoms with Crippen molar-refractivity contribution in [3.8, 4) is 0 Å². The van der Waals surface area contributed by atoms with E-state index >= 15 is 0 Å². The Labute approximate surface area is 105 Å². The number of anilines is 1. The van der Waals surface area contributed by atoms with Crippen LogP contribution >= 0.6 is 0 Å². The van der Waals surface area contributed by atoms with Crippen LogP contribution in [0.15, 0.2) is 24.3 Å². The summed E-state index contributed by atoms with van der Waals surface area (Å²) in [5, 5.41) is 3.56. The van der Waals surface area contributed by atoms with Crippen molar-refractivity contribution < 1.29 is 0 Å². The molecule has 1 N–H and O–H groups in total. The van der Waals surface area contributed by atoms with E-state index in [2.05, 4.69) is 48.5 Å². The molecule has 1 aromatic carbocycles. The first-order valence-electron chi connectivity index (χ1n) is 6.77. The lowest BCUT2D eigenvalue weighted by molar-refractivity contribution is 0.618. The third-order valence-corrected chi connectivity index (χ3v) is 3.41. The summed E-state index contributed by atoms with van der Waals surface area (Å²) in [5.74, 6) is 0. The van der Waals surface area contributed by atoms with Crippen LogP contribution in [0.25, 0.3) is 0 Å². The SMILES string of the molecule is Cc1ccc(N(C)CCCCNC2CC2)cc1. The number of hydrogen-bond donors (Lipinski definition) is 1. The Kier molecular flexibility index (Phi) is 4.43. The zero-order chi connectivity index (χ0) is 12.1. The second kappa shape index (κ2) is 6.06. The van der Waals surface area contributed by atoms with Crippen molar-refractivity contribution in [1.82, 2.24) is 5.32 Å². The van der Waals surface area contributed by atoms with Crippen LogP contribution < -0.4 is 10.2 Å². The molecule has 0 aromatic heterocycles. The van der Waals surface area contributed by atoms with Crippen molar-refractivity contribution in [3.05, 3.63) is 29.8 Å². The maximum Gasteiger partial charge on any atom is 0.0363 e. The third-order valence-electron chi connectivity index (χ3n) is 3.41. The lowest BCUT2D eigenvalue weighted by Crippen LogP contribution is -2.21. The monoisotopic (exact) mass is 232 g/mol. The molecule has 0 bridgehead atoms. The van der Waals surface area contributed by atoms with E-state index in [0.29, 0.717) is 0 Å². The van der Waals surface area contributed by atoms with Crippen molar-refractivity contribution in [2.24, 2.45) is 0 Å². The van der Waals surface area contributed by atoms with Crippen LogP contribution in [0, 0.1) is 6.92 Å². The summed E-state index contributed by atoms with van der Waals surface area (Å²) in [4.78, 5) is 2.34. The molecule has 0 aliphatic heterocycles. The normalized spacial score (nSPS) is 14.9. The predicted molar refractivity (Wildman–Crippen MR) is 74.7 cm³/mol. The standard InChI is InChI=1S/C15H24N2/c1-13-5-9-15(10-6-13)17(2)12-4-3-11-16-14-7-8-14/h5-6,9-10,14,16H,3-4,7-8,11-12H2,1-2H3. The smallest absolute Gasteiger partial charge is 0.0363 e. The number of unbranched alkanes of at least 4 members (excludes halogenated alkanes) is 1. The first-order chi connectivity index (χ1) is 8.25. The van der Waals surface area contributed by atoms with E-state index in [0.717, 1.165) is 12.6 Å². The average molecular weight is 232 g/mol. The van der Waals surface area contributed by atoms with Crippen LogP contribution in [-0.2, 0) is 0 Å². The second-order valence-electron chi connectivity index (χ2n) is 5.19. The summed E-state index contributed by atoms with van der Waals surface area (Å²) >= 11 is 0. The summed E-state index contributed by atoms with van der Waals surface area (Å²) in [5.41, 5.74) is 2.65. The molecule has 0 saturated heterocycles. The van der Waals surface area contributed by atoms with Crippen LogP contribution in [-0.4, -0.2) is 26.2 Å². The minimum atomic E-state index is 0.852. The van der Waals surface area contributed by atoms with E-state index in [-0.39, 0.29) is 0 Å². The molecule has 2 rings (SSSR count). The molecule has 0 spiro atoms. The highest BCUT2D eigenvalue weighted by atomic mass is 15.1. The Hall–Kier alpha value is -1.02. The highest BCUT2D eigenvalue weighted by Crippen LogP contribution is 2.18. The lowest BCUT2D eigenvalue weighted by atomic mass is 10.2. The molecule has 2 nitrogen and oxygen atoms in total. The molecule has 0 unspecified atom stereocenters. The molecule has 1 aromatic rings. The van der Waals surface area contributed by atoms with E-state index in [1.165, 1.54) is 43.5 Å². The van der Waals surface area contributed by atoms with Crippen molar-refractivity contribution in [2.75, 3.05) is 25.0 Å². The predicted octanol–water partition coefficient (Wildman–Crippen LogP) is 2.96. The van der Waals surface area contributed by atoms with Gasteiger partial charge in [0, 0.05) is 25.3 Å². The van der Waals surface area contributed by atoms with Gasteiger partial charge >= 0.3 is 0 Å². The maximum absolute atomic E-state index is 3.56. The van der Waals surface area contributed by atoms with Gasteiger partial charge in [-0.25, -0.2) is 0 Å². The zero-order valence-electron chi connectivity index (χ0n) is 11.1. The largest absolute Gasteiger partial charge is 0.375 e. The minimum Gasteiger partial charge on any atom is -0.375 e. The molecule has 2 heteroatoms. The van der Waals surface area contributed by atoms with Gasteiger partial charge in [0.1, 0.15) is 0 Å². The quantitative estimate of drug-likeness (QED) is 0.727. The minimum absolute atomic E-state index is 0.852. The number of nitrogens with zero attached hydrogens (tertiary/aromatic N) is 1. The van der Waals surface area contributed by atoms with E-state index in [9.17, 15) is 0 Å². The van der Waals surface area contributed by atoms with Gasteiger partial charge in [-0.1, -0.05) is 17.7 Å². The van der Waals surface area contributed by atoms with Crippen LogP contribution in [0.3, 0.4) is 0 Å². The molecule has 0 heterocycles. The van der Waals surface area contributed by atoms with Gasteiger partial charge in [0.2, 0.25) is 0 Å². The Balaban J connectivity index is 1.62. The molecule has 1 aliphatic rings. The van der Waals surface area contributed by atoms with Gasteiger partial charge in [-0.05, 0) is 51.3 Å². The topological polar surface area (TPSA) is 15.3 Å². The summed E-state index contributed by atoms with van der Waals surface area (Å²) in [6.07, 6.45) is 5.34.